The summed E-state index contributed by atoms with van der Waals surface area (Å²) in [4.78, 5) is 25.3. The van der Waals surface area contributed by atoms with Crippen LogP contribution in [0.4, 0.5) is 5.69 Å². The van der Waals surface area contributed by atoms with Crippen LogP contribution in [-0.4, -0.2) is 106 Å². The molecule has 0 fully saturated rings. The number of carbonyl (C=O) groups is 1. The zero-order chi connectivity index (χ0) is 25.7. The molecule has 0 saturated heterocycles. The van der Waals surface area contributed by atoms with E-state index in [0.717, 1.165) is 27.9 Å². The molecule has 3 aromatic rings. The number of hydrogen-bond donors (Lipinski definition) is 3. The van der Waals surface area contributed by atoms with Crippen molar-refractivity contribution in [3.8, 4) is 5.69 Å². The Morgan fingerprint density at radius 3 is 1.92 bits per heavy atom. The van der Waals surface area contributed by atoms with E-state index < -0.39 is 41.5 Å². The molecule has 1 aliphatic rings. The topological polar surface area (TPSA) is 179 Å². The summed E-state index contributed by atoms with van der Waals surface area (Å²) >= 11 is 0. The summed E-state index contributed by atoms with van der Waals surface area (Å²) in [6.07, 6.45) is 1.32. The smallest absolute Gasteiger partial charge is 0.294 e. The molecule has 2 radical (unpaired) electrons. The maximum absolute atomic E-state index is 13.1. The number of aromatic amines is 1. The molecule has 184 valence electrons. The summed E-state index contributed by atoms with van der Waals surface area (Å²) < 4.78 is 65.4. The monoisotopic (exact) mass is 564 g/mol. The Balaban J connectivity index is 0.00000241. The van der Waals surface area contributed by atoms with Crippen LogP contribution in [0.3, 0.4) is 0 Å². The fraction of sp³-hybridized carbons (Fsp3) is 0.0952. The van der Waals surface area contributed by atoms with Gasteiger partial charge >= 0.3 is 0 Å². The Morgan fingerprint density at radius 1 is 0.865 bits per heavy atom. The summed E-state index contributed by atoms with van der Waals surface area (Å²) in [6, 6.07) is 10.1. The Kier molecular flexibility index (Phi) is 9.74. The normalized spacial score (nSPS) is 14.8. The number of amides is 1. The second-order valence-corrected chi connectivity index (χ2v) is 10.4. The first kappa shape index (κ1) is 31.4. The second kappa shape index (κ2) is 11.5. The second-order valence-electron chi connectivity index (χ2n) is 7.60. The maximum atomic E-state index is 13.1. The van der Waals surface area contributed by atoms with Crippen molar-refractivity contribution in [1.82, 2.24) is 9.78 Å². The van der Waals surface area contributed by atoms with Crippen molar-refractivity contribution in [3.63, 3.8) is 0 Å². The molecule has 0 spiro atoms. The van der Waals surface area contributed by atoms with E-state index in [1.807, 2.05) is 0 Å². The number of nitrogens with one attached hydrogen (secondary N) is 1. The molecule has 0 bridgehead atoms. The summed E-state index contributed by atoms with van der Waals surface area (Å²) in [5.41, 5.74) is 0.450. The molecule has 1 aromatic heterocycles. The van der Waals surface area contributed by atoms with Crippen molar-refractivity contribution < 1.29 is 30.7 Å². The average Bonchev–Trinajstić information content (AvgIpc) is 3.23. The van der Waals surface area contributed by atoms with Crippen molar-refractivity contribution in [1.29, 1.82) is 0 Å². The first-order valence-electron chi connectivity index (χ1n) is 9.86. The maximum Gasteiger partial charge on any atom is 0.294 e. The van der Waals surface area contributed by atoms with Crippen molar-refractivity contribution >= 4 is 103 Å². The van der Waals surface area contributed by atoms with Gasteiger partial charge in [-0.05, 0) is 56.3 Å². The number of hydrazone groups is 1. The van der Waals surface area contributed by atoms with E-state index in [1.54, 1.807) is 6.92 Å². The number of H-pyrrole nitrogens is 1. The van der Waals surface area contributed by atoms with E-state index in [0.29, 0.717) is 5.69 Å². The third-order valence-corrected chi connectivity index (χ3v) is 6.90. The molecule has 12 nitrogen and oxygen atoms in total. The molecule has 2 heterocycles. The zero-order valence-electron chi connectivity index (χ0n) is 20.2. The van der Waals surface area contributed by atoms with Crippen LogP contribution in [0.25, 0.3) is 11.8 Å². The number of nitrogens with zero attached hydrogens (tertiary/aromatic N) is 3. The first-order chi connectivity index (χ1) is 16.3. The number of aryl methyl sites for hydroxylation is 1. The largest absolute Gasteiger partial charge is 0.295 e. The Bertz CT molecular complexity index is 1720. The molecule has 0 saturated carbocycles. The van der Waals surface area contributed by atoms with E-state index in [2.05, 4.69) is 10.2 Å². The summed E-state index contributed by atoms with van der Waals surface area (Å²) in [6.45, 7) is 3.11. The predicted molar refractivity (Wildman–Crippen MR) is 137 cm³/mol. The quantitative estimate of drug-likeness (QED) is 0.233. The van der Waals surface area contributed by atoms with Crippen molar-refractivity contribution in [2.45, 2.75) is 23.6 Å². The molecule has 0 atom stereocenters. The van der Waals surface area contributed by atoms with Crippen LogP contribution in [0.1, 0.15) is 18.2 Å². The van der Waals surface area contributed by atoms with E-state index >= 15 is 0 Å². The first-order valence-corrected chi connectivity index (χ1v) is 12.7. The van der Waals surface area contributed by atoms with Crippen LogP contribution in [0.15, 0.2) is 73.8 Å². The number of carbonyl (C=O) groups excluding carboxylic acids is 1. The SMILES string of the molecule is CC1=NN(c2cccc(S(=O)(=O)O)c2)C(=O)/C1=C/c1c(C)[nH]n(-c2cccc(S(=O)(=O)O)c2)c1=O.[Na].[Na]. The third kappa shape index (κ3) is 6.42. The molecule has 0 aliphatic carbocycles. The summed E-state index contributed by atoms with van der Waals surface area (Å²) in [7, 11) is -8.99. The van der Waals surface area contributed by atoms with Crippen LogP contribution >= 0.6 is 0 Å². The minimum absolute atomic E-state index is 0. The number of rotatable bonds is 5. The van der Waals surface area contributed by atoms with E-state index in [1.165, 1.54) is 43.3 Å². The summed E-state index contributed by atoms with van der Waals surface area (Å²) in [5, 5.41) is 7.90. The molecular formula is C21H18N4Na2O8S2. The van der Waals surface area contributed by atoms with Gasteiger partial charge in [0.1, 0.15) is 0 Å². The van der Waals surface area contributed by atoms with Crippen LogP contribution in [0.5, 0.6) is 0 Å². The van der Waals surface area contributed by atoms with Gasteiger partial charge in [-0.15, -0.1) is 0 Å². The van der Waals surface area contributed by atoms with Gasteiger partial charge in [0.25, 0.3) is 31.7 Å². The van der Waals surface area contributed by atoms with Gasteiger partial charge in [-0.2, -0.15) is 26.9 Å². The van der Waals surface area contributed by atoms with Gasteiger partial charge < -0.3 is 0 Å². The molecule has 1 aliphatic heterocycles. The Morgan fingerprint density at radius 2 is 1.38 bits per heavy atom. The molecular weight excluding hydrogens is 546 g/mol. The molecule has 3 N–H and O–H groups in total. The van der Waals surface area contributed by atoms with Gasteiger partial charge in [0.2, 0.25) is 0 Å². The Labute approximate surface area is 256 Å². The van der Waals surface area contributed by atoms with E-state index in [4.69, 9.17) is 0 Å². The number of aromatic nitrogens is 2. The standard InChI is InChI=1S/C21H18N4O8S2.2Na/c1-12-18(20(26)24(22-12)14-5-3-7-16(9-14)34(28,29)30)11-19-13(2)23-25(21(19)27)15-6-4-8-17(10-15)35(31,32)33;;/h3-11,22H,1-2H3,(H,28,29,30)(H,31,32,33);;/b19-11+;;. The molecule has 1 amide bonds. The van der Waals surface area contributed by atoms with Crippen molar-refractivity contribution in [2.75, 3.05) is 5.01 Å². The van der Waals surface area contributed by atoms with Crippen LogP contribution in [0.2, 0.25) is 0 Å². The fourth-order valence-corrected chi connectivity index (χ4v) is 4.51. The van der Waals surface area contributed by atoms with Gasteiger partial charge in [-0.25, -0.2) is 4.68 Å². The van der Waals surface area contributed by atoms with Crippen molar-refractivity contribution in [3.05, 3.63) is 75.7 Å². The van der Waals surface area contributed by atoms with Crippen LogP contribution in [0, 0.1) is 6.92 Å². The predicted octanol–water partition coefficient (Wildman–Crippen LogP) is 1.01. The molecule has 4 rings (SSSR count). The number of benzene rings is 2. The van der Waals surface area contributed by atoms with Gasteiger partial charge in [0.05, 0.1) is 38.0 Å². The van der Waals surface area contributed by atoms with E-state index in [9.17, 15) is 35.5 Å². The molecule has 2 aromatic carbocycles. The van der Waals surface area contributed by atoms with Gasteiger partial charge in [0, 0.05) is 64.8 Å². The van der Waals surface area contributed by atoms with Crippen LogP contribution in [-0.2, 0) is 25.0 Å². The zero-order valence-corrected chi connectivity index (χ0v) is 25.8. The van der Waals surface area contributed by atoms with Gasteiger partial charge in [0.15, 0.2) is 0 Å². The minimum atomic E-state index is -4.50. The number of hydrogen-bond acceptors (Lipinski definition) is 7. The van der Waals surface area contributed by atoms with Crippen molar-refractivity contribution in [2.24, 2.45) is 5.10 Å². The third-order valence-electron chi connectivity index (χ3n) is 5.20. The minimum Gasteiger partial charge on any atom is -0.295 e. The summed E-state index contributed by atoms with van der Waals surface area (Å²) in [5.74, 6) is -0.630. The molecule has 37 heavy (non-hydrogen) atoms. The number of anilines is 1. The van der Waals surface area contributed by atoms with Crippen LogP contribution < -0.4 is 10.6 Å². The Hall–Kier alpha value is -1.85. The fourth-order valence-electron chi connectivity index (χ4n) is 3.47. The molecule has 16 heteroatoms. The van der Waals surface area contributed by atoms with E-state index in [-0.39, 0.29) is 87.3 Å². The van der Waals surface area contributed by atoms with Gasteiger partial charge in [-0.1, -0.05) is 12.1 Å². The molecule has 0 unspecified atom stereocenters. The van der Waals surface area contributed by atoms with Gasteiger partial charge in [-0.3, -0.25) is 23.8 Å². The average molecular weight is 565 g/mol.